The van der Waals surface area contributed by atoms with Crippen molar-refractivity contribution >= 4 is 17.3 Å². The second kappa shape index (κ2) is 8.76. The first-order chi connectivity index (χ1) is 7.56. The van der Waals surface area contributed by atoms with Gasteiger partial charge in [0.05, 0.1) is 6.61 Å². The Kier molecular flexibility index (Phi) is 8.57. The van der Waals surface area contributed by atoms with Crippen LogP contribution in [0.1, 0.15) is 40.5 Å². The lowest BCUT2D eigenvalue weighted by atomic mass is 10.1. The van der Waals surface area contributed by atoms with E-state index < -0.39 is 0 Å². The van der Waals surface area contributed by atoms with Crippen molar-refractivity contribution in [3.05, 3.63) is 0 Å². The summed E-state index contributed by atoms with van der Waals surface area (Å²) < 4.78 is 5.14. The number of nitrogens with zero attached hydrogens (tertiary/aromatic N) is 1. The molecule has 0 bridgehead atoms. The smallest absolute Gasteiger partial charge is 0.169 e. The van der Waals surface area contributed by atoms with Crippen LogP contribution in [0.4, 0.5) is 0 Å². The van der Waals surface area contributed by atoms with E-state index in [4.69, 9.17) is 17.0 Å². The van der Waals surface area contributed by atoms with Gasteiger partial charge in [0.25, 0.3) is 0 Å². The minimum Gasteiger partial charge on any atom is -0.383 e. The number of hydrogen-bond acceptors (Lipinski definition) is 2. The molecule has 0 saturated heterocycles. The largest absolute Gasteiger partial charge is 0.383 e. The van der Waals surface area contributed by atoms with E-state index in [1.807, 2.05) is 0 Å². The predicted octanol–water partition coefficient (Wildman–Crippen LogP) is 2.41. The van der Waals surface area contributed by atoms with Crippen LogP contribution >= 0.6 is 12.2 Å². The van der Waals surface area contributed by atoms with Gasteiger partial charge in [0.2, 0.25) is 0 Å². The maximum atomic E-state index is 5.43. The highest BCUT2D eigenvalue weighted by molar-refractivity contribution is 7.80. The summed E-state index contributed by atoms with van der Waals surface area (Å²) in [5.41, 5.74) is 0. The van der Waals surface area contributed by atoms with E-state index in [1.165, 1.54) is 0 Å². The molecular formula is C12H26N2OS. The second-order valence-electron chi connectivity index (χ2n) is 4.26. The van der Waals surface area contributed by atoms with Gasteiger partial charge >= 0.3 is 0 Å². The summed E-state index contributed by atoms with van der Waals surface area (Å²) in [6.07, 6.45) is 2.22. The zero-order valence-corrected chi connectivity index (χ0v) is 12.1. The molecule has 1 N–H and O–H groups in total. The fraction of sp³-hybridized carbons (Fsp3) is 0.917. The van der Waals surface area contributed by atoms with Gasteiger partial charge in [0, 0.05) is 25.7 Å². The zero-order valence-electron chi connectivity index (χ0n) is 11.2. The lowest BCUT2D eigenvalue weighted by molar-refractivity contribution is 0.157. The Labute approximate surface area is 106 Å². The van der Waals surface area contributed by atoms with E-state index >= 15 is 0 Å². The molecule has 0 aliphatic heterocycles. The monoisotopic (exact) mass is 246 g/mol. The number of hydrogen-bond donors (Lipinski definition) is 1. The van der Waals surface area contributed by atoms with Crippen molar-refractivity contribution in [2.24, 2.45) is 0 Å². The molecule has 0 aromatic carbocycles. The van der Waals surface area contributed by atoms with E-state index in [1.54, 1.807) is 7.11 Å². The Morgan fingerprint density at radius 1 is 1.31 bits per heavy atom. The summed E-state index contributed by atoms with van der Waals surface area (Å²) in [7, 11) is 1.73. The van der Waals surface area contributed by atoms with Crippen molar-refractivity contribution in [1.29, 1.82) is 0 Å². The van der Waals surface area contributed by atoms with Gasteiger partial charge in [-0.25, -0.2) is 0 Å². The summed E-state index contributed by atoms with van der Waals surface area (Å²) >= 11 is 5.43. The average molecular weight is 246 g/mol. The topological polar surface area (TPSA) is 24.5 Å². The molecule has 0 unspecified atom stereocenters. The van der Waals surface area contributed by atoms with Gasteiger partial charge in [-0.2, -0.15) is 0 Å². The molecule has 0 aliphatic rings. The molecular weight excluding hydrogens is 220 g/mol. The zero-order chi connectivity index (χ0) is 12.6. The molecule has 16 heavy (non-hydrogen) atoms. The van der Waals surface area contributed by atoms with Crippen molar-refractivity contribution in [3.63, 3.8) is 0 Å². The molecule has 0 aromatic heterocycles. The SMILES string of the molecule is CCC(CC)N(CCOC)C(=S)NC(C)C. The lowest BCUT2D eigenvalue weighted by Gasteiger charge is -2.33. The van der Waals surface area contributed by atoms with Crippen LogP contribution in [-0.2, 0) is 4.74 Å². The summed E-state index contributed by atoms with van der Waals surface area (Å²) in [6.45, 7) is 10.2. The highest BCUT2D eigenvalue weighted by atomic mass is 32.1. The van der Waals surface area contributed by atoms with Crippen LogP contribution < -0.4 is 5.32 Å². The molecule has 4 heteroatoms. The van der Waals surface area contributed by atoms with E-state index in [0.717, 1.165) is 31.1 Å². The quantitative estimate of drug-likeness (QED) is 0.697. The van der Waals surface area contributed by atoms with Crippen molar-refractivity contribution < 1.29 is 4.74 Å². The Morgan fingerprint density at radius 3 is 2.25 bits per heavy atom. The summed E-state index contributed by atoms with van der Waals surface area (Å²) in [5, 5.41) is 4.15. The van der Waals surface area contributed by atoms with E-state index in [9.17, 15) is 0 Å². The van der Waals surface area contributed by atoms with Crippen LogP contribution in [0.5, 0.6) is 0 Å². The highest BCUT2D eigenvalue weighted by Crippen LogP contribution is 2.09. The van der Waals surface area contributed by atoms with E-state index in [-0.39, 0.29) is 0 Å². The fourth-order valence-electron chi connectivity index (χ4n) is 1.70. The molecule has 0 atom stereocenters. The fourth-order valence-corrected chi connectivity index (χ4v) is 2.17. The van der Waals surface area contributed by atoms with Crippen molar-refractivity contribution in [3.8, 4) is 0 Å². The Bertz CT molecular complexity index is 193. The van der Waals surface area contributed by atoms with Gasteiger partial charge < -0.3 is 15.0 Å². The first kappa shape index (κ1) is 15.7. The minimum absolute atomic E-state index is 0.381. The Morgan fingerprint density at radius 2 is 1.88 bits per heavy atom. The molecule has 0 heterocycles. The molecule has 0 radical (unpaired) electrons. The van der Waals surface area contributed by atoms with Gasteiger partial charge in [-0.15, -0.1) is 0 Å². The molecule has 0 saturated carbocycles. The van der Waals surface area contributed by atoms with Gasteiger partial charge in [-0.1, -0.05) is 13.8 Å². The van der Waals surface area contributed by atoms with Crippen LogP contribution in [0.2, 0.25) is 0 Å². The minimum atomic E-state index is 0.381. The molecule has 0 amide bonds. The standard InChI is InChI=1S/C12H26N2OS/c1-6-11(7-2)14(8-9-15-5)12(16)13-10(3)4/h10-11H,6-9H2,1-5H3,(H,13,16). The Hall–Kier alpha value is -0.350. The second-order valence-corrected chi connectivity index (χ2v) is 4.65. The number of thiocarbonyl (C=S) groups is 1. The van der Waals surface area contributed by atoms with Crippen molar-refractivity contribution in [2.45, 2.75) is 52.6 Å². The molecule has 96 valence electrons. The summed E-state index contributed by atoms with van der Waals surface area (Å²) in [4.78, 5) is 2.25. The van der Waals surface area contributed by atoms with Gasteiger partial charge in [-0.3, -0.25) is 0 Å². The number of ether oxygens (including phenoxy) is 1. The molecule has 0 aromatic rings. The van der Waals surface area contributed by atoms with Gasteiger partial charge in [-0.05, 0) is 38.9 Å². The van der Waals surface area contributed by atoms with Crippen molar-refractivity contribution in [2.75, 3.05) is 20.3 Å². The predicted molar refractivity (Wildman–Crippen MR) is 73.8 cm³/mol. The van der Waals surface area contributed by atoms with E-state index in [2.05, 4.69) is 37.9 Å². The van der Waals surface area contributed by atoms with Crippen LogP contribution in [0, 0.1) is 0 Å². The van der Waals surface area contributed by atoms with Crippen LogP contribution in [-0.4, -0.2) is 42.4 Å². The third-order valence-corrected chi connectivity index (χ3v) is 2.94. The average Bonchev–Trinajstić information content (AvgIpc) is 2.23. The van der Waals surface area contributed by atoms with E-state index in [0.29, 0.717) is 12.1 Å². The number of methoxy groups -OCH3 is 1. The first-order valence-electron chi connectivity index (χ1n) is 6.12. The lowest BCUT2D eigenvalue weighted by Crippen LogP contribution is -2.48. The molecule has 0 spiro atoms. The van der Waals surface area contributed by atoms with Gasteiger partial charge in [0.15, 0.2) is 5.11 Å². The molecule has 3 nitrogen and oxygen atoms in total. The van der Waals surface area contributed by atoms with Crippen molar-refractivity contribution in [1.82, 2.24) is 10.2 Å². The normalized spacial score (nSPS) is 10.9. The number of rotatable bonds is 7. The third kappa shape index (κ3) is 5.66. The maximum absolute atomic E-state index is 5.43. The molecule has 0 aliphatic carbocycles. The van der Waals surface area contributed by atoms with Crippen LogP contribution in [0.3, 0.4) is 0 Å². The third-order valence-electron chi connectivity index (χ3n) is 2.59. The van der Waals surface area contributed by atoms with Crippen LogP contribution in [0.15, 0.2) is 0 Å². The van der Waals surface area contributed by atoms with Gasteiger partial charge in [0.1, 0.15) is 0 Å². The van der Waals surface area contributed by atoms with Crippen LogP contribution in [0.25, 0.3) is 0 Å². The first-order valence-corrected chi connectivity index (χ1v) is 6.53. The summed E-state index contributed by atoms with van der Waals surface area (Å²) in [6, 6.07) is 0.890. The maximum Gasteiger partial charge on any atom is 0.169 e. The molecule has 0 fully saturated rings. The Balaban J connectivity index is 4.44. The highest BCUT2D eigenvalue weighted by Gasteiger charge is 2.17. The molecule has 0 rings (SSSR count). The summed E-state index contributed by atoms with van der Waals surface area (Å²) in [5.74, 6) is 0. The number of nitrogens with one attached hydrogen (secondary N) is 1.